The lowest BCUT2D eigenvalue weighted by Crippen LogP contribution is -2.26. The lowest BCUT2D eigenvalue weighted by molar-refractivity contribution is -0.121. The van der Waals surface area contributed by atoms with Gasteiger partial charge in [-0.1, -0.05) is 42.5 Å². The summed E-state index contributed by atoms with van der Waals surface area (Å²) in [5.74, 6) is -0.103. The van der Waals surface area contributed by atoms with Crippen molar-refractivity contribution in [2.45, 2.75) is 25.8 Å². The van der Waals surface area contributed by atoms with Crippen molar-refractivity contribution in [1.82, 2.24) is 5.32 Å². The summed E-state index contributed by atoms with van der Waals surface area (Å²) in [5.41, 5.74) is 1.71. The van der Waals surface area contributed by atoms with E-state index < -0.39 is 0 Å². The highest BCUT2D eigenvalue weighted by molar-refractivity contribution is 14.1. The summed E-state index contributed by atoms with van der Waals surface area (Å²) >= 11 is 2.20. The Morgan fingerprint density at radius 3 is 2.27 bits per heavy atom. The maximum Gasteiger partial charge on any atom is 0.220 e. The molecule has 0 spiro atoms. The van der Waals surface area contributed by atoms with E-state index in [9.17, 15) is 9.59 Å². The Morgan fingerprint density at radius 1 is 1.00 bits per heavy atom. The van der Waals surface area contributed by atoms with Crippen LogP contribution in [0.2, 0.25) is 0 Å². The second-order valence-electron chi connectivity index (χ2n) is 5.13. The molecule has 0 saturated heterocycles. The number of ketones is 1. The van der Waals surface area contributed by atoms with Crippen molar-refractivity contribution in [1.29, 1.82) is 0 Å². The van der Waals surface area contributed by atoms with E-state index in [1.54, 1.807) is 12.1 Å². The third-order valence-corrected chi connectivity index (χ3v) is 4.14. The quantitative estimate of drug-likeness (QED) is 0.578. The van der Waals surface area contributed by atoms with Crippen LogP contribution < -0.4 is 5.32 Å². The van der Waals surface area contributed by atoms with E-state index in [0.29, 0.717) is 5.56 Å². The normalized spacial score (nSPS) is 11.7. The maximum atomic E-state index is 12.0. The van der Waals surface area contributed by atoms with E-state index in [0.717, 1.165) is 9.13 Å². The lowest BCUT2D eigenvalue weighted by atomic mass is 10.1. The number of rotatable bonds is 6. The third kappa shape index (κ3) is 4.94. The number of carbonyl (C=O) groups excluding carboxylic acids is 2. The predicted molar refractivity (Wildman–Crippen MR) is 95.7 cm³/mol. The van der Waals surface area contributed by atoms with E-state index in [1.165, 1.54) is 0 Å². The molecule has 1 amide bonds. The highest BCUT2D eigenvalue weighted by Gasteiger charge is 2.12. The zero-order chi connectivity index (χ0) is 15.9. The molecule has 1 N–H and O–H groups in total. The van der Waals surface area contributed by atoms with Crippen molar-refractivity contribution in [3.8, 4) is 0 Å². The molecule has 0 unspecified atom stereocenters. The van der Waals surface area contributed by atoms with Crippen LogP contribution in [-0.4, -0.2) is 11.7 Å². The van der Waals surface area contributed by atoms with E-state index >= 15 is 0 Å². The number of nitrogens with one attached hydrogen (secondary N) is 1. The zero-order valence-electron chi connectivity index (χ0n) is 12.4. The van der Waals surface area contributed by atoms with Gasteiger partial charge in [-0.05, 0) is 47.2 Å². The molecule has 0 bridgehead atoms. The summed E-state index contributed by atoms with van der Waals surface area (Å²) in [7, 11) is 0. The summed E-state index contributed by atoms with van der Waals surface area (Å²) in [4.78, 5) is 24.0. The Labute approximate surface area is 144 Å². The van der Waals surface area contributed by atoms with E-state index in [-0.39, 0.29) is 30.6 Å². The minimum atomic E-state index is -0.102. The number of halogens is 1. The van der Waals surface area contributed by atoms with Crippen molar-refractivity contribution >= 4 is 34.3 Å². The summed E-state index contributed by atoms with van der Waals surface area (Å²) < 4.78 is 1.09. The standard InChI is InChI=1S/C18H18INO2/c1-13(14-5-3-2-4-6-14)20-18(22)12-11-17(21)15-7-9-16(19)10-8-15/h2-10,13H,11-12H2,1H3,(H,20,22)/t13-/m1/s1. The minimum Gasteiger partial charge on any atom is -0.350 e. The van der Waals surface area contributed by atoms with Gasteiger partial charge < -0.3 is 5.32 Å². The first kappa shape index (κ1) is 16.7. The van der Waals surface area contributed by atoms with E-state index in [2.05, 4.69) is 27.9 Å². The number of benzene rings is 2. The molecule has 0 radical (unpaired) electrons. The molecular weight excluding hydrogens is 389 g/mol. The topological polar surface area (TPSA) is 46.2 Å². The lowest BCUT2D eigenvalue weighted by Gasteiger charge is -2.14. The number of carbonyl (C=O) groups is 2. The molecule has 22 heavy (non-hydrogen) atoms. The smallest absolute Gasteiger partial charge is 0.220 e. The van der Waals surface area contributed by atoms with Crippen LogP contribution in [0.1, 0.15) is 41.7 Å². The van der Waals surface area contributed by atoms with Gasteiger partial charge in [0.2, 0.25) is 5.91 Å². The fourth-order valence-corrected chi connectivity index (χ4v) is 2.51. The molecule has 0 fully saturated rings. The Balaban J connectivity index is 1.82. The first-order valence-electron chi connectivity index (χ1n) is 7.19. The van der Waals surface area contributed by atoms with Gasteiger partial charge in [-0.3, -0.25) is 9.59 Å². The van der Waals surface area contributed by atoms with Crippen LogP contribution in [0.5, 0.6) is 0 Å². The minimum absolute atomic E-state index is 0.00101. The van der Waals surface area contributed by atoms with Crippen LogP contribution in [-0.2, 0) is 4.79 Å². The molecule has 4 heteroatoms. The molecular formula is C18H18INO2. The fourth-order valence-electron chi connectivity index (χ4n) is 2.15. The SMILES string of the molecule is C[C@@H](NC(=O)CCC(=O)c1ccc(I)cc1)c1ccccc1. The number of hydrogen-bond acceptors (Lipinski definition) is 2. The molecule has 0 saturated carbocycles. The van der Waals surface area contributed by atoms with E-state index in [4.69, 9.17) is 0 Å². The van der Waals surface area contributed by atoms with Crippen LogP contribution in [0.15, 0.2) is 54.6 Å². The summed E-state index contributed by atoms with van der Waals surface area (Å²) in [6.45, 7) is 1.94. The van der Waals surface area contributed by atoms with Crippen LogP contribution in [0, 0.1) is 3.57 Å². The van der Waals surface area contributed by atoms with Crippen LogP contribution in [0.4, 0.5) is 0 Å². The molecule has 0 heterocycles. The number of Topliss-reactive ketones (excluding diaryl/α,β-unsaturated/α-hetero) is 1. The van der Waals surface area contributed by atoms with Crippen LogP contribution in [0.3, 0.4) is 0 Å². The monoisotopic (exact) mass is 407 g/mol. The van der Waals surface area contributed by atoms with Gasteiger partial charge in [0.15, 0.2) is 5.78 Å². The van der Waals surface area contributed by atoms with Gasteiger partial charge in [0.25, 0.3) is 0 Å². The van der Waals surface area contributed by atoms with E-state index in [1.807, 2.05) is 49.4 Å². The van der Waals surface area contributed by atoms with Gasteiger partial charge >= 0.3 is 0 Å². The Morgan fingerprint density at radius 2 is 1.64 bits per heavy atom. The Bertz CT molecular complexity index is 638. The highest BCUT2D eigenvalue weighted by Crippen LogP contribution is 2.13. The van der Waals surface area contributed by atoms with Crippen molar-refractivity contribution < 1.29 is 9.59 Å². The Hall–Kier alpha value is -1.69. The van der Waals surface area contributed by atoms with Gasteiger partial charge in [-0.25, -0.2) is 0 Å². The average Bonchev–Trinajstić information content (AvgIpc) is 2.54. The predicted octanol–water partition coefficient (Wildman–Crippen LogP) is 4.13. The third-order valence-electron chi connectivity index (χ3n) is 3.42. The number of amides is 1. The van der Waals surface area contributed by atoms with Crippen molar-refractivity contribution in [2.24, 2.45) is 0 Å². The average molecular weight is 407 g/mol. The molecule has 1 atom stereocenters. The van der Waals surface area contributed by atoms with Gasteiger partial charge in [-0.2, -0.15) is 0 Å². The molecule has 0 aliphatic carbocycles. The maximum absolute atomic E-state index is 12.0. The van der Waals surface area contributed by atoms with Gasteiger partial charge in [0.1, 0.15) is 0 Å². The zero-order valence-corrected chi connectivity index (χ0v) is 14.5. The van der Waals surface area contributed by atoms with Crippen molar-refractivity contribution in [3.05, 3.63) is 69.3 Å². The molecule has 114 valence electrons. The molecule has 0 aliphatic rings. The highest BCUT2D eigenvalue weighted by atomic mass is 127. The Kier molecular flexibility index (Phi) is 6.12. The number of hydrogen-bond donors (Lipinski definition) is 1. The molecule has 2 aromatic rings. The van der Waals surface area contributed by atoms with Gasteiger partial charge in [0, 0.05) is 22.0 Å². The molecule has 2 rings (SSSR count). The molecule has 2 aromatic carbocycles. The second kappa shape index (κ2) is 8.08. The molecule has 0 aromatic heterocycles. The molecule has 0 aliphatic heterocycles. The van der Waals surface area contributed by atoms with Crippen molar-refractivity contribution in [2.75, 3.05) is 0 Å². The largest absolute Gasteiger partial charge is 0.350 e. The summed E-state index contributed by atoms with van der Waals surface area (Å²) in [5, 5.41) is 2.92. The fraction of sp³-hybridized carbons (Fsp3) is 0.222. The van der Waals surface area contributed by atoms with Gasteiger partial charge in [-0.15, -0.1) is 0 Å². The first-order valence-corrected chi connectivity index (χ1v) is 8.27. The summed E-state index contributed by atoms with van der Waals surface area (Å²) in [6, 6.07) is 17.1. The first-order chi connectivity index (χ1) is 10.6. The second-order valence-corrected chi connectivity index (χ2v) is 6.38. The van der Waals surface area contributed by atoms with Crippen molar-refractivity contribution in [3.63, 3.8) is 0 Å². The van der Waals surface area contributed by atoms with Crippen LogP contribution in [0.25, 0.3) is 0 Å². The van der Waals surface area contributed by atoms with Crippen LogP contribution >= 0.6 is 22.6 Å². The molecule has 3 nitrogen and oxygen atoms in total. The van der Waals surface area contributed by atoms with Gasteiger partial charge in [0.05, 0.1) is 6.04 Å². The summed E-state index contributed by atoms with van der Waals surface area (Å²) in [6.07, 6.45) is 0.440.